The molecule has 0 saturated heterocycles. The van der Waals surface area contributed by atoms with E-state index in [4.69, 9.17) is 19.7 Å². The molecular weight excluding hydrogens is 696 g/mol. The van der Waals surface area contributed by atoms with Gasteiger partial charge in [-0.15, -0.1) is 0 Å². The fraction of sp³-hybridized carbons (Fsp3) is 0.421. The van der Waals surface area contributed by atoms with Gasteiger partial charge in [0.2, 0.25) is 11.8 Å². The number of hydrogen-bond donors (Lipinski definition) is 8. The first kappa shape index (κ1) is 41.3. The molecule has 290 valence electrons. The van der Waals surface area contributed by atoms with Crippen LogP contribution in [0.4, 0.5) is 9.59 Å². The van der Waals surface area contributed by atoms with Crippen molar-refractivity contribution in [2.75, 3.05) is 27.4 Å². The van der Waals surface area contributed by atoms with Crippen molar-refractivity contribution in [3.8, 4) is 33.6 Å². The molecule has 4 amide bonds. The summed E-state index contributed by atoms with van der Waals surface area (Å²) in [4.78, 5) is 63.3. The molecule has 0 radical (unpaired) electrons. The van der Waals surface area contributed by atoms with Crippen LogP contribution in [0.25, 0.3) is 33.6 Å². The smallest absolute Gasteiger partial charge is 0.411 e. The summed E-state index contributed by atoms with van der Waals surface area (Å²) in [6, 6.07) is 13.7. The molecule has 2 unspecified atom stereocenters. The van der Waals surface area contributed by atoms with E-state index in [0.717, 1.165) is 33.6 Å². The first-order valence-corrected chi connectivity index (χ1v) is 17.7. The highest BCUT2D eigenvalue weighted by atomic mass is 16.5. The van der Waals surface area contributed by atoms with Crippen molar-refractivity contribution < 1.29 is 38.9 Å². The maximum absolute atomic E-state index is 12.6. The quantitative estimate of drug-likeness (QED) is 0.0626. The molecule has 2 aromatic carbocycles. The third-order valence-corrected chi connectivity index (χ3v) is 8.91. The average Bonchev–Trinajstić information content (AvgIpc) is 3.82. The number of nitrogens with one attached hydrogen (secondary N) is 6. The largest absolute Gasteiger partial charge is 0.465 e. The zero-order valence-electron chi connectivity index (χ0n) is 31.3. The molecule has 0 fully saturated rings. The van der Waals surface area contributed by atoms with Crippen LogP contribution in [-0.2, 0) is 19.1 Å². The maximum atomic E-state index is 12.6. The van der Waals surface area contributed by atoms with Gasteiger partial charge in [0, 0.05) is 27.4 Å². The Labute approximate surface area is 313 Å². The Morgan fingerprint density at radius 2 is 0.944 bits per heavy atom. The number of aromatic amines is 2. The first-order chi connectivity index (χ1) is 25.8. The normalized spacial score (nSPS) is 13.7. The number of carbonyl (C=O) groups is 4. The predicted molar refractivity (Wildman–Crippen MR) is 201 cm³/mol. The first-order valence-electron chi connectivity index (χ1n) is 17.7. The lowest BCUT2D eigenvalue weighted by Gasteiger charge is -2.26. The van der Waals surface area contributed by atoms with E-state index in [1.807, 2.05) is 86.9 Å². The van der Waals surface area contributed by atoms with Crippen LogP contribution in [0.1, 0.15) is 64.3 Å². The number of nitrogens with zero attached hydrogens (tertiary/aromatic N) is 2. The summed E-state index contributed by atoms with van der Waals surface area (Å²) in [5.74, 6) is -0.0175. The molecule has 0 spiro atoms. The van der Waals surface area contributed by atoms with E-state index in [9.17, 15) is 19.2 Å². The number of carboxylic acid groups (broad SMARTS) is 2. The number of imidazole rings is 2. The third kappa shape index (κ3) is 11.3. The molecule has 8 N–H and O–H groups in total. The van der Waals surface area contributed by atoms with Crippen LogP contribution in [-0.4, -0.2) is 93.7 Å². The maximum Gasteiger partial charge on any atom is 0.411 e. The highest BCUT2D eigenvalue weighted by Crippen LogP contribution is 2.29. The Morgan fingerprint density at radius 3 is 1.24 bits per heavy atom. The van der Waals surface area contributed by atoms with Crippen molar-refractivity contribution in [3.63, 3.8) is 0 Å². The van der Waals surface area contributed by atoms with Gasteiger partial charge in [-0.3, -0.25) is 30.9 Å². The number of carbonyl (C=O) groups excluding carboxylic acids is 2. The Bertz CT molecular complexity index is 1700. The number of H-pyrrole nitrogens is 2. The van der Waals surface area contributed by atoms with Crippen molar-refractivity contribution in [2.24, 2.45) is 11.8 Å². The van der Waals surface area contributed by atoms with Gasteiger partial charge >= 0.3 is 12.2 Å². The lowest BCUT2D eigenvalue weighted by Crippen LogP contribution is -2.48. The van der Waals surface area contributed by atoms with Crippen molar-refractivity contribution in [1.29, 1.82) is 0 Å². The number of hydrogen-bond acceptors (Lipinski definition) is 10. The summed E-state index contributed by atoms with van der Waals surface area (Å²) >= 11 is 0. The third-order valence-electron chi connectivity index (χ3n) is 8.91. The number of imide groups is 2. The van der Waals surface area contributed by atoms with E-state index < -0.39 is 36.1 Å². The molecule has 4 atom stereocenters. The minimum atomic E-state index is -1.42. The summed E-state index contributed by atoms with van der Waals surface area (Å²) in [5, 5.41) is 28.5. The molecule has 0 aliphatic heterocycles. The number of aromatic nitrogens is 4. The monoisotopic (exact) mass is 746 g/mol. The molecule has 4 aromatic rings. The van der Waals surface area contributed by atoms with Gasteiger partial charge < -0.3 is 29.7 Å². The fourth-order valence-electron chi connectivity index (χ4n) is 6.01. The van der Waals surface area contributed by atoms with E-state index in [1.54, 1.807) is 12.4 Å². The minimum absolute atomic E-state index is 0.0239. The van der Waals surface area contributed by atoms with E-state index in [-0.39, 0.29) is 50.0 Å². The Hall–Kier alpha value is -5.42. The van der Waals surface area contributed by atoms with E-state index in [1.165, 1.54) is 14.2 Å². The van der Waals surface area contributed by atoms with E-state index >= 15 is 0 Å². The van der Waals surface area contributed by atoms with Gasteiger partial charge in [-0.2, -0.15) is 0 Å². The standard InChI is InChI=1S/C38H50N8O8/c1-21(2)31(41-27(15-17-53-5)35(47)45-37(49)50)33-39-19-29(43-33)25-11-7-23(8-12-25)24-9-13-26(14-10-24)30-20-40-34(44-30)32(22(3)4)42-28(16-18-54-6)36(48)46-38(51)52/h7-14,19-22,27-28,31-32,41-42H,15-18H2,1-6H3,(H,39,43)(H,40,44)(H,45,47)(H,46,48)(H,49,50)(H,51,52)/t27-,28?,31-,32?/m0/s1. The number of methoxy groups -OCH3 is 2. The van der Waals surface area contributed by atoms with E-state index in [0.29, 0.717) is 11.6 Å². The Morgan fingerprint density at radius 1 is 0.611 bits per heavy atom. The molecule has 0 aliphatic carbocycles. The number of amides is 4. The van der Waals surface area contributed by atoms with Gasteiger partial charge in [-0.05, 0) is 46.9 Å². The molecule has 4 rings (SSSR count). The average molecular weight is 747 g/mol. The van der Waals surface area contributed by atoms with Crippen LogP contribution >= 0.6 is 0 Å². The Balaban J connectivity index is 1.46. The molecule has 54 heavy (non-hydrogen) atoms. The van der Waals surface area contributed by atoms with Crippen LogP contribution in [0.2, 0.25) is 0 Å². The number of ether oxygens (including phenoxy) is 2. The van der Waals surface area contributed by atoms with Crippen molar-refractivity contribution in [2.45, 2.75) is 64.7 Å². The second-order valence-corrected chi connectivity index (χ2v) is 13.6. The van der Waals surface area contributed by atoms with Crippen molar-refractivity contribution in [1.82, 2.24) is 41.2 Å². The van der Waals surface area contributed by atoms with Gasteiger partial charge in [0.05, 0.1) is 47.9 Å². The zero-order chi connectivity index (χ0) is 39.4. The lowest BCUT2D eigenvalue weighted by molar-refractivity contribution is -0.124. The van der Waals surface area contributed by atoms with Gasteiger partial charge in [0.1, 0.15) is 11.6 Å². The lowest BCUT2D eigenvalue weighted by atomic mass is 10.0. The van der Waals surface area contributed by atoms with Gasteiger partial charge in [-0.1, -0.05) is 76.2 Å². The van der Waals surface area contributed by atoms with Crippen LogP contribution in [0.5, 0.6) is 0 Å². The van der Waals surface area contributed by atoms with Gasteiger partial charge in [0.15, 0.2) is 0 Å². The van der Waals surface area contributed by atoms with Crippen LogP contribution in [0.15, 0.2) is 60.9 Å². The molecular formula is C38H50N8O8. The second kappa shape index (κ2) is 19.6. The molecule has 16 heteroatoms. The number of rotatable bonds is 19. The summed E-state index contributed by atoms with van der Waals surface area (Å²) in [6.07, 6.45) is 1.20. The molecule has 0 bridgehead atoms. The summed E-state index contributed by atoms with van der Waals surface area (Å²) in [5.41, 5.74) is 5.43. The van der Waals surface area contributed by atoms with E-state index in [2.05, 4.69) is 30.6 Å². The molecule has 2 aromatic heterocycles. The SMILES string of the molecule is COCCC(NC(c1ncc(-c2ccc(-c3ccc(-c4cnc([C@@H](N[C@@H](CCOC)C(=O)NC(=O)O)C(C)C)[nH]4)cc3)cc2)[nH]1)C(C)C)C(=O)NC(=O)O. The van der Waals surface area contributed by atoms with Crippen molar-refractivity contribution in [3.05, 3.63) is 72.6 Å². The fourth-order valence-corrected chi connectivity index (χ4v) is 6.01. The minimum Gasteiger partial charge on any atom is -0.465 e. The van der Waals surface area contributed by atoms with Crippen LogP contribution < -0.4 is 21.3 Å². The van der Waals surface area contributed by atoms with Crippen LogP contribution in [0.3, 0.4) is 0 Å². The van der Waals surface area contributed by atoms with Gasteiger partial charge in [-0.25, -0.2) is 19.6 Å². The van der Waals surface area contributed by atoms with Crippen LogP contribution in [0, 0.1) is 11.8 Å². The molecule has 2 heterocycles. The molecule has 0 aliphatic rings. The van der Waals surface area contributed by atoms with Crippen molar-refractivity contribution >= 4 is 24.0 Å². The summed E-state index contributed by atoms with van der Waals surface area (Å²) in [6.45, 7) is 8.49. The number of benzene rings is 2. The molecule has 0 saturated carbocycles. The summed E-state index contributed by atoms with van der Waals surface area (Å²) < 4.78 is 10.3. The van der Waals surface area contributed by atoms with Gasteiger partial charge in [0.25, 0.3) is 0 Å². The second-order valence-electron chi connectivity index (χ2n) is 13.6. The highest BCUT2D eigenvalue weighted by molar-refractivity contribution is 5.94. The predicted octanol–water partition coefficient (Wildman–Crippen LogP) is 5.11. The Kier molecular flexibility index (Phi) is 15.0. The highest BCUT2D eigenvalue weighted by Gasteiger charge is 2.29. The topological polar surface area (TPSA) is 233 Å². The summed E-state index contributed by atoms with van der Waals surface area (Å²) in [7, 11) is 3.04. The zero-order valence-corrected chi connectivity index (χ0v) is 31.3. The molecule has 16 nitrogen and oxygen atoms in total.